The van der Waals surface area contributed by atoms with E-state index in [9.17, 15) is 0 Å². The Labute approximate surface area is 110 Å². The standard InChI is InChI=1S/C14H15NO2S/c1-2-12(9-15-8-11-4-7-18-10-11)14-13(3-1)16-5-6-17-14/h1-4,7,10,15H,5-6,8-9H2. The summed E-state index contributed by atoms with van der Waals surface area (Å²) in [6.07, 6.45) is 0. The number of fused-ring (bicyclic) bond motifs is 1. The van der Waals surface area contributed by atoms with Crippen LogP contribution >= 0.6 is 11.3 Å². The van der Waals surface area contributed by atoms with Gasteiger partial charge in [0.1, 0.15) is 13.2 Å². The van der Waals surface area contributed by atoms with Gasteiger partial charge in [-0.3, -0.25) is 0 Å². The molecule has 0 aliphatic carbocycles. The molecular weight excluding hydrogens is 246 g/mol. The second-order valence-corrected chi connectivity index (χ2v) is 4.96. The van der Waals surface area contributed by atoms with Gasteiger partial charge in [-0.05, 0) is 28.5 Å². The minimum absolute atomic E-state index is 0.633. The van der Waals surface area contributed by atoms with Crippen molar-refractivity contribution in [3.63, 3.8) is 0 Å². The topological polar surface area (TPSA) is 30.5 Å². The fraction of sp³-hybridized carbons (Fsp3) is 0.286. The molecule has 1 aliphatic heterocycles. The van der Waals surface area contributed by atoms with E-state index >= 15 is 0 Å². The molecule has 0 bridgehead atoms. The largest absolute Gasteiger partial charge is 0.486 e. The molecule has 0 saturated heterocycles. The lowest BCUT2D eigenvalue weighted by Crippen LogP contribution is -2.19. The fourth-order valence-corrected chi connectivity index (χ4v) is 2.68. The molecular formula is C14H15NO2S. The molecule has 0 atom stereocenters. The average Bonchev–Trinajstić information content (AvgIpc) is 2.92. The molecule has 0 saturated carbocycles. The van der Waals surface area contributed by atoms with Gasteiger partial charge in [0.2, 0.25) is 0 Å². The minimum atomic E-state index is 0.633. The zero-order chi connectivity index (χ0) is 12.2. The number of para-hydroxylation sites is 1. The van der Waals surface area contributed by atoms with Crippen molar-refractivity contribution in [3.05, 3.63) is 46.2 Å². The Balaban J connectivity index is 1.65. The number of hydrogen-bond acceptors (Lipinski definition) is 4. The zero-order valence-electron chi connectivity index (χ0n) is 10.0. The van der Waals surface area contributed by atoms with Crippen LogP contribution in [0.15, 0.2) is 35.0 Å². The molecule has 3 rings (SSSR count). The fourth-order valence-electron chi connectivity index (χ4n) is 2.01. The summed E-state index contributed by atoms with van der Waals surface area (Å²) in [6.45, 7) is 2.95. The predicted octanol–water partition coefficient (Wildman–Crippen LogP) is 2.81. The predicted molar refractivity (Wildman–Crippen MR) is 72.3 cm³/mol. The molecule has 0 spiro atoms. The second-order valence-electron chi connectivity index (χ2n) is 4.18. The highest BCUT2D eigenvalue weighted by molar-refractivity contribution is 7.07. The quantitative estimate of drug-likeness (QED) is 0.918. The van der Waals surface area contributed by atoms with E-state index in [1.165, 1.54) is 5.56 Å². The first-order valence-electron chi connectivity index (χ1n) is 6.03. The van der Waals surface area contributed by atoms with Gasteiger partial charge in [0.25, 0.3) is 0 Å². The molecule has 0 unspecified atom stereocenters. The highest BCUT2D eigenvalue weighted by Gasteiger charge is 2.14. The lowest BCUT2D eigenvalue weighted by Gasteiger charge is -2.21. The van der Waals surface area contributed by atoms with Gasteiger partial charge < -0.3 is 14.8 Å². The van der Waals surface area contributed by atoms with E-state index < -0.39 is 0 Å². The van der Waals surface area contributed by atoms with Crippen LogP contribution in [0.25, 0.3) is 0 Å². The smallest absolute Gasteiger partial charge is 0.165 e. The summed E-state index contributed by atoms with van der Waals surface area (Å²) >= 11 is 1.72. The van der Waals surface area contributed by atoms with Gasteiger partial charge in [-0.15, -0.1) is 0 Å². The average molecular weight is 261 g/mol. The Hall–Kier alpha value is -1.52. The molecule has 18 heavy (non-hydrogen) atoms. The number of nitrogens with one attached hydrogen (secondary N) is 1. The van der Waals surface area contributed by atoms with E-state index in [0.29, 0.717) is 13.2 Å². The lowest BCUT2D eigenvalue weighted by atomic mass is 10.1. The maximum Gasteiger partial charge on any atom is 0.165 e. The van der Waals surface area contributed by atoms with Crippen molar-refractivity contribution in [2.75, 3.05) is 13.2 Å². The van der Waals surface area contributed by atoms with Crippen molar-refractivity contribution >= 4 is 11.3 Å². The Morgan fingerprint density at radius 2 is 2.06 bits per heavy atom. The van der Waals surface area contributed by atoms with Gasteiger partial charge in [0.15, 0.2) is 11.5 Å². The van der Waals surface area contributed by atoms with Crippen LogP contribution in [-0.4, -0.2) is 13.2 Å². The van der Waals surface area contributed by atoms with Crippen LogP contribution in [0.3, 0.4) is 0 Å². The molecule has 1 aromatic carbocycles. The van der Waals surface area contributed by atoms with E-state index in [-0.39, 0.29) is 0 Å². The van der Waals surface area contributed by atoms with E-state index in [0.717, 1.165) is 30.2 Å². The molecule has 0 fully saturated rings. The molecule has 0 amide bonds. The normalized spacial score (nSPS) is 13.6. The minimum Gasteiger partial charge on any atom is -0.486 e. The van der Waals surface area contributed by atoms with Crippen molar-refractivity contribution in [3.8, 4) is 11.5 Å². The Morgan fingerprint density at radius 1 is 1.11 bits per heavy atom. The molecule has 94 valence electrons. The summed E-state index contributed by atoms with van der Waals surface area (Å²) in [5, 5.41) is 7.68. The van der Waals surface area contributed by atoms with Crippen LogP contribution < -0.4 is 14.8 Å². The third-order valence-electron chi connectivity index (χ3n) is 2.87. The molecule has 1 N–H and O–H groups in total. The maximum atomic E-state index is 5.68. The Kier molecular flexibility index (Phi) is 3.48. The maximum absolute atomic E-state index is 5.68. The third-order valence-corrected chi connectivity index (χ3v) is 3.60. The van der Waals surface area contributed by atoms with E-state index in [4.69, 9.17) is 9.47 Å². The molecule has 1 aromatic heterocycles. The first kappa shape index (κ1) is 11.6. The van der Waals surface area contributed by atoms with Crippen molar-refractivity contribution in [1.29, 1.82) is 0 Å². The van der Waals surface area contributed by atoms with E-state index in [1.807, 2.05) is 12.1 Å². The molecule has 2 aromatic rings. The van der Waals surface area contributed by atoms with Crippen molar-refractivity contribution in [2.45, 2.75) is 13.1 Å². The molecule has 1 aliphatic rings. The van der Waals surface area contributed by atoms with Crippen LogP contribution in [0.1, 0.15) is 11.1 Å². The van der Waals surface area contributed by atoms with Crippen LogP contribution in [0.4, 0.5) is 0 Å². The van der Waals surface area contributed by atoms with Crippen LogP contribution in [0.5, 0.6) is 11.5 Å². The summed E-state index contributed by atoms with van der Waals surface area (Å²) in [5.74, 6) is 1.75. The summed E-state index contributed by atoms with van der Waals surface area (Å²) in [7, 11) is 0. The first-order valence-corrected chi connectivity index (χ1v) is 6.97. The summed E-state index contributed by atoms with van der Waals surface area (Å²) in [4.78, 5) is 0. The van der Waals surface area contributed by atoms with Gasteiger partial charge in [-0.1, -0.05) is 12.1 Å². The van der Waals surface area contributed by atoms with Crippen LogP contribution in [0, 0.1) is 0 Å². The van der Waals surface area contributed by atoms with E-state index in [1.54, 1.807) is 11.3 Å². The van der Waals surface area contributed by atoms with E-state index in [2.05, 4.69) is 28.2 Å². The van der Waals surface area contributed by atoms with Gasteiger partial charge in [-0.2, -0.15) is 11.3 Å². The van der Waals surface area contributed by atoms with Gasteiger partial charge in [0, 0.05) is 18.7 Å². The van der Waals surface area contributed by atoms with Crippen LogP contribution in [0.2, 0.25) is 0 Å². The van der Waals surface area contributed by atoms with Crippen molar-refractivity contribution in [1.82, 2.24) is 5.32 Å². The zero-order valence-corrected chi connectivity index (χ0v) is 10.8. The van der Waals surface area contributed by atoms with Gasteiger partial charge in [0.05, 0.1) is 0 Å². The number of thiophene rings is 1. The SMILES string of the molecule is c1cc(CNCc2ccsc2)c2c(c1)OCCO2. The highest BCUT2D eigenvalue weighted by Crippen LogP contribution is 2.33. The summed E-state index contributed by atoms with van der Waals surface area (Å²) in [5.41, 5.74) is 2.48. The monoisotopic (exact) mass is 261 g/mol. The summed E-state index contributed by atoms with van der Waals surface area (Å²) in [6, 6.07) is 8.18. The Bertz CT molecular complexity index is 511. The molecule has 4 heteroatoms. The van der Waals surface area contributed by atoms with Crippen molar-refractivity contribution in [2.24, 2.45) is 0 Å². The number of rotatable bonds is 4. The summed E-state index contributed by atoms with van der Waals surface area (Å²) < 4.78 is 11.2. The number of benzene rings is 1. The molecule has 3 nitrogen and oxygen atoms in total. The highest BCUT2D eigenvalue weighted by atomic mass is 32.1. The molecule has 0 radical (unpaired) electrons. The third kappa shape index (κ3) is 2.49. The first-order chi connectivity index (χ1) is 8.93. The lowest BCUT2D eigenvalue weighted by molar-refractivity contribution is 0.169. The Morgan fingerprint density at radius 3 is 2.94 bits per heavy atom. The van der Waals surface area contributed by atoms with Gasteiger partial charge in [-0.25, -0.2) is 0 Å². The second kappa shape index (κ2) is 5.42. The van der Waals surface area contributed by atoms with Gasteiger partial charge >= 0.3 is 0 Å². The van der Waals surface area contributed by atoms with Crippen molar-refractivity contribution < 1.29 is 9.47 Å². The number of hydrogen-bond donors (Lipinski definition) is 1. The number of ether oxygens (including phenoxy) is 2. The molecule has 2 heterocycles. The van der Waals surface area contributed by atoms with Crippen LogP contribution in [-0.2, 0) is 13.1 Å².